The fourth-order valence-electron chi connectivity index (χ4n) is 2.35. The number of carbonyl (C=O) groups excluding carboxylic acids is 1. The van der Waals surface area contributed by atoms with Gasteiger partial charge in [-0.15, -0.1) is 0 Å². The van der Waals surface area contributed by atoms with Crippen molar-refractivity contribution in [2.75, 3.05) is 36.8 Å². The number of pyridine rings is 1. The highest BCUT2D eigenvalue weighted by atomic mass is 16.2. The van der Waals surface area contributed by atoms with Gasteiger partial charge in [-0.25, -0.2) is 4.98 Å². The van der Waals surface area contributed by atoms with E-state index >= 15 is 0 Å². The fourth-order valence-corrected chi connectivity index (χ4v) is 2.35. The molecule has 1 aliphatic heterocycles. The molecular weight excluding hydrogens is 252 g/mol. The quantitative estimate of drug-likeness (QED) is 0.847. The van der Waals surface area contributed by atoms with Crippen molar-refractivity contribution in [3.05, 3.63) is 17.8 Å². The third-order valence-corrected chi connectivity index (χ3v) is 3.64. The first-order valence-electron chi connectivity index (χ1n) is 7.06. The van der Waals surface area contributed by atoms with Crippen molar-refractivity contribution < 1.29 is 4.79 Å². The monoisotopic (exact) mass is 276 g/mol. The minimum Gasteiger partial charge on any atom is -0.397 e. The number of hydrogen-bond donors (Lipinski definition) is 1. The molecule has 2 rings (SSSR count). The predicted molar refractivity (Wildman–Crippen MR) is 81.6 cm³/mol. The average molecular weight is 276 g/mol. The number of hydrogen-bond acceptors (Lipinski definition) is 4. The van der Waals surface area contributed by atoms with Crippen LogP contribution in [0.1, 0.15) is 26.5 Å². The third-order valence-electron chi connectivity index (χ3n) is 3.64. The van der Waals surface area contributed by atoms with Gasteiger partial charge in [0.15, 0.2) is 0 Å². The molecule has 0 aliphatic carbocycles. The lowest BCUT2D eigenvalue weighted by Crippen LogP contribution is -2.51. The van der Waals surface area contributed by atoms with Crippen molar-refractivity contribution >= 4 is 17.4 Å². The van der Waals surface area contributed by atoms with Gasteiger partial charge in [0.05, 0.1) is 11.4 Å². The summed E-state index contributed by atoms with van der Waals surface area (Å²) in [4.78, 5) is 20.9. The maximum absolute atomic E-state index is 12.2. The highest BCUT2D eigenvalue weighted by molar-refractivity contribution is 5.81. The van der Waals surface area contributed by atoms with E-state index in [1.165, 1.54) is 0 Å². The number of piperazine rings is 1. The number of aryl methyl sites for hydroxylation is 1. The van der Waals surface area contributed by atoms with Gasteiger partial charge >= 0.3 is 0 Å². The van der Waals surface area contributed by atoms with Gasteiger partial charge in [0, 0.05) is 31.6 Å². The molecule has 5 heteroatoms. The van der Waals surface area contributed by atoms with Crippen molar-refractivity contribution in [3.8, 4) is 0 Å². The lowest BCUT2D eigenvalue weighted by molar-refractivity contribution is -0.139. The Bertz CT molecular complexity index is 499. The van der Waals surface area contributed by atoms with Crippen LogP contribution in [0.2, 0.25) is 0 Å². The van der Waals surface area contributed by atoms with Gasteiger partial charge in [-0.2, -0.15) is 0 Å². The van der Waals surface area contributed by atoms with Crippen molar-refractivity contribution in [3.63, 3.8) is 0 Å². The van der Waals surface area contributed by atoms with Gasteiger partial charge in [-0.1, -0.05) is 20.8 Å². The molecule has 0 spiro atoms. The smallest absolute Gasteiger partial charge is 0.228 e. The van der Waals surface area contributed by atoms with Crippen LogP contribution < -0.4 is 10.6 Å². The van der Waals surface area contributed by atoms with E-state index in [0.29, 0.717) is 0 Å². The highest BCUT2D eigenvalue weighted by Gasteiger charge is 2.29. The zero-order chi connectivity index (χ0) is 14.9. The van der Waals surface area contributed by atoms with E-state index in [2.05, 4.69) is 9.88 Å². The molecular formula is C15H24N4O. The van der Waals surface area contributed by atoms with Gasteiger partial charge in [-0.05, 0) is 19.1 Å². The normalized spacial score (nSPS) is 16.4. The van der Waals surface area contributed by atoms with Crippen molar-refractivity contribution in [1.29, 1.82) is 0 Å². The van der Waals surface area contributed by atoms with E-state index in [-0.39, 0.29) is 11.3 Å². The number of nitrogen functional groups attached to an aromatic ring is 1. The third kappa shape index (κ3) is 3.03. The van der Waals surface area contributed by atoms with Crippen LogP contribution in [0.4, 0.5) is 11.5 Å². The maximum atomic E-state index is 12.2. The van der Waals surface area contributed by atoms with Crippen LogP contribution in [0.25, 0.3) is 0 Å². The zero-order valence-electron chi connectivity index (χ0n) is 12.8. The first-order valence-corrected chi connectivity index (χ1v) is 7.06. The summed E-state index contributed by atoms with van der Waals surface area (Å²) in [5.74, 6) is 1.16. The molecule has 1 fully saturated rings. The maximum Gasteiger partial charge on any atom is 0.228 e. The number of carbonyl (C=O) groups is 1. The second-order valence-electron chi connectivity index (χ2n) is 6.37. The number of nitrogens with two attached hydrogens (primary N) is 1. The molecule has 1 aromatic heterocycles. The summed E-state index contributed by atoms with van der Waals surface area (Å²) in [6, 6.07) is 3.84. The summed E-state index contributed by atoms with van der Waals surface area (Å²) in [6.07, 6.45) is 0. The number of amides is 1. The molecule has 1 aliphatic rings. The first kappa shape index (κ1) is 14.6. The topological polar surface area (TPSA) is 62.5 Å². The molecule has 0 saturated carbocycles. The Morgan fingerprint density at radius 1 is 1.20 bits per heavy atom. The molecule has 0 unspecified atom stereocenters. The standard InChI is InChI=1S/C15H24N4O/c1-11-12(16)5-6-13(17-11)18-7-9-19(10-8-18)14(20)15(2,3)4/h5-6H,7-10,16H2,1-4H3. The lowest BCUT2D eigenvalue weighted by Gasteiger charge is -2.38. The van der Waals surface area contributed by atoms with Crippen LogP contribution in [0.15, 0.2) is 12.1 Å². The molecule has 0 aromatic carbocycles. The number of aromatic nitrogens is 1. The first-order chi connectivity index (χ1) is 9.29. The SMILES string of the molecule is Cc1nc(N2CCN(C(=O)C(C)(C)C)CC2)ccc1N. The molecule has 0 bridgehead atoms. The number of anilines is 2. The van der Waals surface area contributed by atoms with Crippen molar-refractivity contribution in [2.24, 2.45) is 5.41 Å². The number of rotatable bonds is 1. The van der Waals surface area contributed by atoms with E-state index in [1.807, 2.05) is 44.7 Å². The molecule has 1 saturated heterocycles. The Kier molecular flexibility index (Phi) is 3.88. The molecule has 20 heavy (non-hydrogen) atoms. The highest BCUT2D eigenvalue weighted by Crippen LogP contribution is 2.21. The molecule has 1 amide bonds. The van der Waals surface area contributed by atoms with Gasteiger partial charge < -0.3 is 15.5 Å². The largest absolute Gasteiger partial charge is 0.397 e. The van der Waals surface area contributed by atoms with Crippen molar-refractivity contribution in [1.82, 2.24) is 9.88 Å². The number of nitrogens with zero attached hydrogens (tertiary/aromatic N) is 3. The summed E-state index contributed by atoms with van der Waals surface area (Å²) in [5, 5.41) is 0. The predicted octanol–water partition coefficient (Wildman–Crippen LogP) is 1.67. The van der Waals surface area contributed by atoms with Crippen LogP contribution in [-0.2, 0) is 4.79 Å². The second-order valence-corrected chi connectivity index (χ2v) is 6.37. The summed E-state index contributed by atoms with van der Waals surface area (Å²) >= 11 is 0. The molecule has 2 heterocycles. The lowest BCUT2D eigenvalue weighted by atomic mass is 9.94. The summed E-state index contributed by atoms with van der Waals surface area (Å²) in [7, 11) is 0. The Labute approximate surface area is 120 Å². The summed E-state index contributed by atoms with van der Waals surface area (Å²) < 4.78 is 0. The summed E-state index contributed by atoms with van der Waals surface area (Å²) in [6.45, 7) is 10.9. The fraction of sp³-hybridized carbons (Fsp3) is 0.600. The van der Waals surface area contributed by atoms with E-state index < -0.39 is 0 Å². The van der Waals surface area contributed by atoms with E-state index in [4.69, 9.17) is 5.73 Å². The van der Waals surface area contributed by atoms with Crippen LogP contribution >= 0.6 is 0 Å². The molecule has 2 N–H and O–H groups in total. The average Bonchev–Trinajstić information content (AvgIpc) is 2.40. The van der Waals surface area contributed by atoms with Crippen LogP contribution in [0.3, 0.4) is 0 Å². The Balaban J connectivity index is 2.01. The van der Waals surface area contributed by atoms with Gasteiger partial charge in [0.1, 0.15) is 5.82 Å². The molecule has 0 atom stereocenters. The Morgan fingerprint density at radius 3 is 2.30 bits per heavy atom. The Hall–Kier alpha value is -1.78. The van der Waals surface area contributed by atoms with E-state index in [0.717, 1.165) is 43.4 Å². The van der Waals surface area contributed by atoms with Gasteiger partial charge in [-0.3, -0.25) is 4.79 Å². The van der Waals surface area contributed by atoms with Gasteiger partial charge in [0.2, 0.25) is 5.91 Å². The minimum atomic E-state index is -0.307. The second kappa shape index (κ2) is 5.31. The molecule has 1 aromatic rings. The van der Waals surface area contributed by atoms with Crippen LogP contribution in [-0.4, -0.2) is 42.0 Å². The minimum absolute atomic E-state index is 0.221. The molecule has 5 nitrogen and oxygen atoms in total. The van der Waals surface area contributed by atoms with Crippen LogP contribution in [0, 0.1) is 12.3 Å². The van der Waals surface area contributed by atoms with Crippen molar-refractivity contribution in [2.45, 2.75) is 27.7 Å². The van der Waals surface area contributed by atoms with E-state index in [1.54, 1.807) is 0 Å². The van der Waals surface area contributed by atoms with Crippen LogP contribution in [0.5, 0.6) is 0 Å². The van der Waals surface area contributed by atoms with Gasteiger partial charge in [0.25, 0.3) is 0 Å². The molecule has 110 valence electrons. The summed E-state index contributed by atoms with van der Waals surface area (Å²) in [5.41, 5.74) is 7.06. The Morgan fingerprint density at radius 2 is 1.80 bits per heavy atom. The van der Waals surface area contributed by atoms with E-state index in [9.17, 15) is 4.79 Å². The molecule has 0 radical (unpaired) electrons. The zero-order valence-corrected chi connectivity index (χ0v) is 12.8.